The molecule has 0 unspecified atom stereocenters. The van der Waals surface area contributed by atoms with E-state index >= 15 is 0 Å². The lowest BCUT2D eigenvalue weighted by Gasteiger charge is -2.23. The van der Waals surface area contributed by atoms with Crippen LogP contribution in [0.3, 0.4) is 0 Å². The second-order valence-corrected chi connectivity index (χ2v) is 8.71. The first-order valence-electron chi connectivity index (χ1n) is 7.09. The first-order valence-corrected chi connectivity index (χ1v) is 9.45. The van der Waals surface area contributed by atoms with Crippen LogP contribution in [0.4, 0.5) is 0 Å². The summed E-state index contributed by atoms with van der Waals surface area (Å²) in [6.45, 7) is 5.18. The van der Waals surface area contributed by atoms with Crippen LogP contribution < -0.4 is 10.0 Å². The maximum Gasteiger partial charge on any atom is 0.242 e. The molecule has 4 nitrogen and oxygen atoms in total. The molecule has 0 amide bonds. The fourth-order valence-corrected chi connectivity index (χ4v) is 5.90. The molecule has 2 rings (SSSR count). The molecule has 1 aromatic heterocycles. The number of aryl methyl sites for hydroxylation is 1. The van der Waals surface area contributed by atoms with Crippen LogP contribution in [0.2, 0.25) is 0 Å². The van der Waals surface area contributed by atoms with Gasteiger partial charge in [0, 0.05) is 18.0 Å². The highest BCUT2D eigenvalue weighted by Gasteiger charge is 2.31. The summed E-state index contributed by atoms with van der Waals surface area (Å²) in [5.74, 6) is 0. The Hall–Kier alpha value is -0.430. The van der Waals surface area contributed by atoms with Crippen LogP contribution in [0, 0.1) is 12.3 Å². The fraction of sp³-hybridized carbons (Fsp3) is 0.714. The van der Waals surface area contributed by atoms with Gasteiger partial charge in [0.15, 0.2) is 0 Å². The van der Waals surface area contributed by atoms with Crippen molar-refractivity contribution in [3.8, 4) is 0 Å². The van der Waals surface area contributed by atoms with E-state index < -0.39 is 10.0 Å². The molecular weight excluding hydrogens is 292 g/mol. The van der Waals surface area contributed by atoms with Gasteiger partial charge in [-0.15, -0.1) is 11.3 Å². The number of thiophene rings is 1. The standard InChI is InChI=1S/C14H24N2O2S2/c1-11-9-19-12(8-15-3)13(11)20(17,18)16-10-14(2)6-4-5-7-14/h9,15-16H,4-8,10H2,1-3H3. The second kappa shape index (κ2) is 6.13. The van der Waals surface area contributed by atoms with E-state index in [2.05, 4.69) is 17.0 Å². The number of nitrogens with one attached hydrogen (secondary N) is 2. The lowest BCUT2D eigenvalue weighted by Crippen LogP contribution is -2.34. The van der Waals surface area contributed by atoms with Crippen LogP contribution in [0.5, 0.6) is 0 Å². The van der Waals surface area contributed by atoms with Gasteiger partial charge in [-0.05, 0) is 43.2 Å². The van der Waals surface area contributed by atoms with E-state index in [0.29, 0.717) is 18.0 Å². The van der Waals surface area contributed by atoms with E-state index in [4.69, 9.17) is 0 Å². The highest BCUT2D eigenvalue weighted by atomic mass is 32.2. The highest BCUT2D eigenvalue weighted by Crippen LogP contribution is 2.37. The molecule has 0 bridgehead atoms. The molecule has 114 valence electrons. The third kappa shape index (κ3) is 3.42. The number of hydrogen-bond donors (Lipinski definition) is 2. The van der Waals surface area contributed by atoms with Crippen molar-refractivity contribution >= 4 is 21.4 Å². The van der Waals surface area contributed by atoms with E-state index in [1.54, 1.807) is 0 Å². The predicted molar refractivity (Wildman–Crippen MR) is 83.6 cm³/mol. The lowest BCUT2D eigenvalue weighted by molar-refractivity contribution is 0.336. The third-order valence-electron chi connectivity index (χ3n) is 4.10. The lowest BCUT2D eigenvalue weighted by atomic mass is 9.89. The quantitative estimate of drug-likeness (QED) is 0.848. The average Bonchev–Trinajstić information content (AvgIpc) is 2.96. The Bertz CT molecular complexity index is 558. The van der Waals surface area contributed by atoms with Crippen LogP contribution in [0.25, 0.3) is 0 Å². The van der Waals surface area contributed by atoms with Crippen molar-refractivity contribution in [3.05, 3.63) is 15.8 Å². The van der Waals surface area contributed by atoms with Crippen molar-refractivity contribution in [1.29, 1.82) is 0 Å². The van der Waals surface area contributed by atoms with E-state index in [1.807, 2.05) is 19.4 Å². The first kappa shape index (κ1) is 15.9. The van der Waals surface area contributed by atoms with E-state index in [0.717, 1.165) is 23.3 Å². The van der Waals surface area contributed by atoms with Gasteiger partial charge in [-0.1, -0.05) is 19.8 Å². The van der Waals surface area contributed by atoms with Crippen LogP contribution in [-0.2, 0) is 16.6 Å². The van der Waals surface area contributed by atoms with Crippen molar-refractivity contribution < 1.29 is 8.42 Å². The molecular formula is C14H24N2O2S2. The van der Waals surface area contributed by atoms with Gasteiger partial charge in [0.05, 0.1) is 0 Å². The molecule has 0 aromatic carbocycles. The minimum atomic E-state index is -3.41. The minimum absolute atomic E-state index is 0.125. The first-order chi connectivity index (χ1) is 9.38. The summed E-state index contributed by atoms with van der Waals surface area (Å²) in [7, 11) is -1.57. The zero-order chi connectivity index (χ0) is 14.8. The van der Waals surface area contributed by atoms with Gasteiger partial charge in [0.2, 0.25) is 10.0 Å². The van der Waals surface area contributed by atoms with Gasteiger partial charge in [-0.25, -0.2) is 13.1 Å². The van der Waals surface area contributed by atoms with Gasteiger partial charge >= 0.3 is 0 Å². The number of sulfonamides is 1. The molecule has 1 aliphatic carbocycles. The Morgan fingerprint density at radius 3 is 2.60 bits per heavy atom. The van der Waals surface area contributed by atoms with Gasteiger partial charge in [0.25, 0.3) is 0 Å². The zero-order valence-corrected chi connectivity index (χ0v) is 14.1. The molecule has 0 spiro atoms. The van der Waals surface area contributed by atoms with Crippen LogP contribution >= 0.6 is 11.3 Å². The molecule has 20 heavy (non-hydrogen) atoms. The molecule has 1 heterocycles. The molecule has 1 fully saturated rings. The Morgan fingerprint density at radius 1 is 1.35 bits per heavy atom. The second-order valence-electron chi connectivity index (χ2n) is 6.04. The van der Waals surface area contributed by atoms with Crippen LogP contribution in [-0.4, -0.2) is 22.0 Å². The zero-order valence-electron chi connectivity index (χ0n) is 12.5. The predicted octanol–water partition coefficient (Wildman–Crippen LogP) is 2.63. The molecule has 1 aliphatic rings. The largest absolute Gasteiger partial charge is 0.315 e. The summed E-state index contributed by atoms with van der Waals surface area (Å²) in [5, 5.41) is 4.95. The SMILES string of the molecule is CNCc1scc(C)c1S(=O)(=O)NCC1(C)CCCC1. The monoisotopic (exact) mass is 316 g/mol. The Balaban J connectivity index is 2.16. The normalized spacial score (nSPS) is 18.6. The van der Waals surface area contributed by atoms with Gasteiger partial charge in [0.1, 0.15) is 4.90 Å². The van der Waals surface area contributed by atoms with Crippen molar-refractivity contribution in [1.82, 2.24) is 10.0 Å². The third-order valence-corrected chi connectivity index (χ3v) is 6.96. The summed E-state index contributed by atoms with van der Waals surface area (Å²) in [4.78, 5) is 1.35. The maximum atomic E-state index is 12.6. The fourth-order valence-electron chi connectivity index (χ4n) is 2.88. The number of hydrogen-bond acceptors (Lipinski definition) is 4. The van der Waals surface area contributed by atoms with Crippen molar-refractivity contribution in [2.45, 2.75) is 51.0 Å². The van der Waals surface area contributed by atoms with Crippen molar-refractivity contribution in [3.63, 3.8) is 0 Å². The molecule has 2 N–H and O–H groups in total. The smallest absolute Gasteiger partial charge is 0.242 e. The van der Waals surface area contributed by atoms with Gasteiger partial charge in [-0.3, -0.25) is 0 Å². The van der Waals surface area contributed by atoms with Crippen LogP contribution in [0.15, 0.2) is 10.3 Å². The molecule has 1 saturated carbocycles. The summed E-state index contributed by atoms with van der Waals surface area (Å²) >= 11 is 1.50. The van der Waals surface area contributed by atoms with Crippen molar-refractivity contribution in [2.24, 2.45) is 5.41 Å². The van der Waals surface area contributed by atoms with Gasteiger partial charge in [-0.2, -0.15) is 0 Å². The summed E-state index contributed by atoms with van der Waals surface area (Å²) in [6, 6.07) is 0. The summed E-state index contributed by atoms with van der Waals surface area (Å²) < 4.78 is 28.0. The summed E-state index contributed by atoms with van der Waals surface area (Å²) in [6.07, 6.45) is 4.64. The van der Waals surface area contributed by atoms with E-state index in [-0.39, 0.29) is 5.41 Å². The minimum Gasteiger partial charge on any atom is -0.315 e. The Labute approximate surface area is 126 Å². The molecule has 0 radical (unpaired) electrons. The Kier molecular flexibility index (Phi) is 4.89. The van der Waals surface area contributed by atoms with E-state index in [9.17, 15) is 8.42 Å². The topological polar surface area (TPSA) is 58.2 Å². The summed E-state index contributed by atoms with van der Waals surface area (Å²) in [5.41, 5.74) is 0.963. The molecule has 0 aliphatic heterocycles. The molecule has 1 aromatic rings. The number of rotatable bonds is 6. The molecule has 0 atom stereocenters. The maximum absolute atomic E-state index is 12.6. The van der Waals surface area contributed by atoms with Crippen molar-refractivity contribution in [2.75, 3.05) is 13.6 Å². The Morgan fingerprint density at radius 2 is 2.00 bits per heavy atom. The average molecular weight is 316 g/mol. The molecule has 6 heteroatoms. The molecule has 0 saturated heterocycles. The van der Waals surface area contributed by atoms with E-state index in [1.165, 1.54) is 24.2 Å². The van der Waals surface area contributed by atoms with Crippen LogP contribution in [0.1, 0.15) is 43.0 Å². The highest BCUT2D eigenvalue weighted by molar-refractivity contribution is 7.89. The van der Waals surface area contributed by atoms with Gasteiger partial charge < -0.3 is 5.32 Å².